The molecule has 172 valence electrons. The molecule has 0 atom stereocenters. The van der Waals surface area contributed by atoms with Gasteiger partial charge in [-0.15, -0.1) is 0 Å². The van der Waals surface area contributed by atoms with Gasteiger partial charge in [-0.2, -0.15) is 0 Å². The molecule has 0 aromatic heterocycles. The Hall–Kier alpha value is -3.42. The minimum Gasteiger partial charge on any atom is -0.508 e. The first-order valence-electron chi connectivity index (χ1n) is 10.9. The highest BCUT2D eigenvalue weighted by Gasteiger charge is 2.27. The van der Waals surface area contributed by atoms with Crippen molar-refractivity contribution in [1.82, 2.24) is 9.80 Å². The van der Waals surface area contributed by atoms with E-state index in [0.717, 1.165) is 0 Å². The number of benzene rings is 2. The number of phenols is 1. The second-order valence-electron chi connectivity index (χ2n) is 7.24. The molecule has 0 unspecified atom stereocenters. The number of piperazine rings is 1. The second-order valence-corrected chi connectivity index (χ2v) is 7.24. The Morgan fingerprint density at radius 2 is 1.28 bits per heavy atom. The first kappa shape index (κ1) is 23.2. The SMILES string of the molecule is CCOc1cc(C(=O)N2CCN(C(=O)c3cccc(O)c3)CC2)cc(OCC)c1OCC. The molecule has 32 heavy (non-hydrogen) atoms. The highest BCUT2D eigenvalue weighted by atomic mass is 16.5. The molecule has 2 amide bonds. The minimum atomic E-state index is -0.161. The molecule has 2 aromatic carbocycles. The van der Waals surface area contributed by atoms with E-state index in [1.807, 2.05) is 20.8 Å². The van der Waals surface area contributed by atoms with E-state index in [9.17, 15) is 14.7 Å². The van der Waals surface area contributed by atoms with E-state index in [0.29, 0.717) is 74.4 Å². The quantitative estimate of drug-likeness (QED) is 0.676. The van der Waals surface area contributed by atoms with Gasteiger partial charge in [-0.25, -0.2) is 0 Å². The molecule has 1 saturated heterocycles. The molecule has 1 fully saturated rings. The predicted octanol–water partition coefficient (Wildman–Crippen LogP) is 3.19. The molecule has 0 bridgehead atoms. The van der Waals surface area contributed by atoms with E-state index in [2.05, 4.69) is 0 Å². The van der Waals surface area contributed by atoms with Crippen LogP contribution in [-0.4, -0.2) is 72.7 Å². The summed E-state index contributed by atoms with van der Waals surface area (Å²) in [7, 11) is 0. The van der Waals surface area contributed by atoms with Crippen molar-refractivity contribution in [2.24, 2.45) is 0 Å². The number of hydrogen-bond acceptors (Lipinski definition) is 6. The molecule has 1 aliphatic rings. The van der Waals surface area contributed by atoms with E-state index in [4.69, 9.17) is 14.2 Å². The van der Waals surface area contributed by atoms with E-state index < -0.39 is 0 Å². The lowest BCUT2D eigenvalue weighted by Crippen LogP contribution is -2.50. The fraction of sp³-hybridized carbons (Fsp3) is 0.417. The van der Waals surface area contributed by atoms with Gasteiger partial charge in [0.05, 0.1) is 19.8 Å². The molecule has 1 heterocycles. The Morgan fingerprint density at radius 1 is 0.781 bits per heavy atom. The largest absolute Gasteiger partial charge is 0.508 e. The molecule has 1 aliphatic heterocycles. The van der Waals surface area contributed by atoms with Crippen LogP contribution in [0, 0.1) is 0 Å². The predicted molar refractivity (Wildman–Crippen MR) is 120 cm³/mol. The Kier molecular flexibility index (Phi) is 7.81. The van der Waals surface area contributed by atoms with E-state index in [1.165, 1.54) is 12.1 Å². The number of phenolic OH excluding ortho intramolecular Hbond substituents is 1. The molecule has 0 aliphatic carbocycles. The van der Waals surface area contributed by atoms with Crippen molar-refractivity contribution in [1.29, 1.82) is 0 Å². The average molecular weight is 443 g/mol. The van der Waals surface area contributed by atoms with Crippen LogP contribution in [0.25, 0.3) is 0 Å². The Labute approximate surface area is 188 Å². The highest BCUT2D eigenvalue weighted by molar-refractivity contribution is 5.97. The van der Waals surface area contributed by atoms with Gasteiger partial charge in [0.1, 0.15) is 5.75 Å². The summed E-state index contributed by atoms with van der Waals surface area (Å²) in [6, 6.07) is 9.65. The van der Waals surface area contributed by atoms with Crippen molar-refractivity contribution in [3.8, 4) is 23.0 Å². The first-order chi connectivity index (χ1) is 15.5. The normalized spacial score (nSPS) is 13.6. The zero-order valence-electron chi connectivity index (χ0n) is 18.8. The smallest absolute Gasteiger partial charge is 0.254 e. The molecule has 1 N–H and O–H groups in total. The van der Waals surface area contributed by atoms with Gasteiger partial charge < -0.3 is 29.1 Å². The lowest BCUT2D eigenvalue weighted by molar-refractivity contribution is 0.0535. The van der Waals surface area contributed by atoms with E-state index in [-0.39, 0.29) is 17.6 Å². The first-order valence-corrected chi connectivity index (χ1v) is 10.9. The lowest BCUT2D eigenvalue weighted by atomic mass is 10.1. The van der Waals surface area contributed by atoms with Crippen LogP contribution in [-0.2, 0) is 0 Å². The molecule has 0 spiro atoms. The Bertz CT molecular complexity index is 926. The van der Waals surface area contributed by atoms with Crippen LogP contribution in [0.15, 0.2) is 36.4 Å². The molecule has 0 radical (unpaired) electrons. The van der Waals surface area contributed by atoms with Gasteiger partial charge in [0.2, 0.25) is 5.75 Å². The van der Waals surface area contributed by atoms with Gasteiger partial charge >= 0.3 is 0 Å². The van der Waals surface area contributed by atoms with Crippen LogP contribution in [0.1, 0.15) is 41.5 Å². The zero-order valence-corrected chi connectivity index (χ0v) is 18.8. The molecule has 8 nitrogen and oxygen atoms in total. The van der Waals surface area contributed by atoms with Crippen LogP contribution in [0.3, 0.4) is 0 Å². The van der Waals surface area contributed by atoms with Gasteiger partial charge in [-0.1, -0.05) is 6.07 Å². The Balaban J connectivity index is 1.74. The highest BCUT2D eigenvalue weighted by Crippen LogP contribution is 2.39. The summed E-state index contributed by atoms with van der Waals surface area (Å²) in [6.45, 7) is 8.56. The molecular formula is C24H30N2O6. The zero-order chi connectivity index (χ0) is 23.1. The summed E-state index contributed by atoms with van der Waals surface area (Å²) in [5.74, 6) is 1.18. The van der Waals surface area contributed by atoms with Crippen molar-refractivity contribution in [3.05, 3.63) is 47.5 Å². The molecule has 0 saturated carbocycles. The van der Waals surface area contributed by atoms with Crippen molar-refractivity contribution >= 4 is 11.8 Å². The van der Waals surface area contributed by atoms with Crippen LogP contribution >= 0.6 is 0 Å². The second kappa shape index (κ2) is 10.7. The van der Waals surface area contributed by atoms with E-state index in [1.54, 1.807) is 34.1 Å². The van der Waals surface area contributed by atoms with Gasteiger partial charge in [0.15, 0.2) is 11.5 Å². The summed E-state index contributed by atoms with van der Waals surface area (Å²) in [4.78, 5) is 29.3. The third kappa shape index (κ3) is 5.25. The molecule has 8 heteroatoms. The number of hydrogen-bond donors (Lipinski definition) is 1. The third-order valence-electron chi connectivity index (χ3n) is 5.10. The van der Waals surface area contributed by atoms with Gasteiger partial charge in [-0.05, 0) is 51.1 Å². The number of carbonyl (C=O) groups excluding carboxylic acids is 2. The van der Waals surface area contributed by atoms with Gasteiger partial charge in [0, 0.05) is 37.3 Å². The van der Waals surface area contributed by atoms with Crippen molar-refractivity contribution in [2.45, 2.75) is 20.8 Å². The number of carbonyl (C=O) groups is 2. The topological polar surface area (TPSA) is 88.5 Å². The molecule has 3 rings (SSSR count). The summed E-state index contributed by atoms with van der Waals surface area (Å²) in [5, 5.41) is 9.62. The summed E-state index contributed by atoms with van der Waals surface area (Å²) in [5.41, 5.74) is 0.882. The number of ether oxygens (including phenoxy) is 3. The van der Waals surface area contributed by atoms with Crippen molar-refractivity contribution < 1.29 is 28.9 Å². The average Bonchev–Trinajstić information content (AvgIpc) is 2.80. The minimum absolute atomic E-state index is 0.0513. The van der Waals surface area contributed by atoms with Crippen LogP contribution < -0.4 is 14.2 Å². The number of amides is 2. The lowest BCUT2D eigenvalue weighted by Gasteiger charge is -2.35. The Morgan fingerprint density at radius 3 is 1.75 bits per heavy atom. The fourth-order valence-corrected chi connectivity index (χ4v) is 3.63. The maximum atomic E-state index is 13.2. The van der Waals surface area contributed by atoms with Gasteiger partial charge in [-0.3, -0.25) is 9.59 Å². The maximum absolute atomic E-state index is 13.2. The van der Waals surface area contributed by atoms with Crippen LogP contribution in [0.5, 0.6) is 23.0 Å². The van der Waals surface area contributed by atoms with Crippen molar-refractivity contribution in [3.63, 3.8) is 0 Å². The number of nitrogens with zero attached hydrogens (tertiary/aromatic N) is 2. The monoisotopic (exact) mass is 442 g/mol. The van der Waals surface area contributed by atoms with Gasteiger partial charge in [0.25, 0.3) is 11.8 Å². The van der Waals surface area contributed by atoms with Crippen molar-refractivity contribution in [2.75, 3.05) is 46.0 Å². The summed E-state index contributed by atoms with van der Waals surface area (Å²) in [6.07, 6.45) is 0. The fourth-order valence-electron chi connectivity index (χ4n) is 3.63. The van der Waals surface area contributed by atoms with Crippen LogP contribution in [0.2, 0.25) is 0 Å². The van der Waals surface area contributed by atoms with Crippen LogP contribution in [0.4, 0.5) is 0 Å². The molecular weight excluding hydrogens is 412 g/mol. The third-order valence-corrected chi connectivity index (χ3v) is 5.10. The molecule has 2 aromatic rings. The summed E-state index contributed by atoms with van der Waals surface area (Å²) >= 11 is 0. The number of aromatic hydroxyl groups is 1. The summed E-state index contributed by atoms with van der Waals surface area (Å²) < 4.78 is 17.1. The standard InChI is InChI=1S/C24H30N2O6/c1-4-30-20-15-18(16-21(31-5-2)22(20)32-6-3)24(29)26-12-10-25(11-13-26)23(28)17-8-7-9-19(27)14-17/h7-9,14-16,27H,4-6,10-13H2,1-3H3. The van der Waals surface area contributed by atoms with E-state index >= 15 is 0 Å². The number of rotatable bonds is 8. The maximum Gasteiger partial charge on any atom is 0.254 e.